The molecule has 1 aromatic carbocycles. The molecule has 3 atom stereocenters. The van der Waals surface area contributed by atoms with Gasteiger partial charge in [0.25, 0.3) is 0 Å². The van der Waals surface area contributed by atoms with Gasteiger partial charge in [-0.25, -0.2) is 0 Å². The summed E-state index contributed by atoms with van der Waals surface area (Å²) in [5.74, 6) is -2.12. The first-order valence-electron chi connectivity index (χ1n) is 6.90. The van der Waals surface area contributed by atoms with E-state index >= 15 is 0 Å². The number of nitrogens with one attached hydrogen (secondary N) is 1. The number of aromatic nitrogens is 2. The Morgan fingerprint density at radius 1 is 1.39 bits per heavy atom. The third-order valence-corrected chi connectivity index (χ3v) is 4.63. The summed E-state index contributed by atoms with van der Waals surface area (Å²) < 4.78 is 3.75. The molecule has 1 fully saturated rings. The average molecular weight is 339 g/mol. The SMILES string of the molecule is CC(NC(=O)[C@@H]1C[C@@]1(C(=O)[O-])c1ccccc1)c1csnn1.[Na+]. The number of benzene rings is 1. The molecule has 1 aliphatic carbocycles. The normalized spacial score (nSPS) is 23.4. The molecule has 6 nitrogen and oxygen atoms in total. The maximum Gasteiger partial charge on any atom is 1.00 e. The van der Waals surface area contributed by atoms with Crippen LogP contribution in [0, 0.1) is 5.92 Å². The Kier molecular flexibility index (Phi) is 5.57. The van der Waals surface area contributed by atoms with Crippen LogP contribution in [0.2, 0.25) is 0 Å². The van der Waals surface area contributed by atoms with Crippen LogP contribution in [0.15, 0.2) is 35.7 Å². The molecule has 0 aliphatic heterocycles. The number of carbonyl (C=O) groups excluding carboxylic acids is 2. The molecule has 1 N–H and O–H groups in total. The Morgan fingerprint density at radius 3 is 2.65 bits per heavy atom. The Morgan fingerprint density at radius 2 is 2.09 bits per heavy atom. The van der Waals surface area contributed by atoms with Gasteiger partial charge in [-0.3, -0.25) is 4.79 Å². The molecule has 114 valence electrons. The van der Waals surface area contributed by atoms with Crippen molar-refractivity contribution in [3.05, 3.63) is 47.0 Å². The fourth-order valence-electron chi connectivity index (χ4n) is 2.73. The van der Waals surface area contributed by atoms with Gasteiger partial charge in [-0.1, -0.05) is 34.8 Å². The first-order chi connectivity index (χ1) is 10.6. The van der Waals surface area contributed by atoms with Crippen LogP contribution in [0.1, 0.15) is 30.6 Å². The van der Waals surface area contributed by atoms with Crippen LogP contribution >= 0.6 is 11.5 Å². The van der Waals surface area contributed by atoms with E-state index < -0.39 is 17.3 Å². The van der Waals surface area contributed by atoms with Crippen LogP contribution in [-0.4, -0.2) is 21.5 Å². The molecular weight excluding hydrogens is 325 g/mol. The molecule has 1 aromatic heterocycles. The van der Waals surface area contributed by atoms with E-state index in [1.54, 1.807) is 42.6 Å². The predicted octanol–water partition coefficient (Wildman–Crippen LogP) is -2.57. The van der Waals surface area contributed by atoms with E-state index in [0.29, 0.717) is 11.3 Å². The molecular formula is C15H14N3NaO3S. The van der Waals surface area contributed by atoms with Crippen LogP contribution in [-0.2, 0) is 15.0 Å². The van der Waals surface area contributed by atoms with Crippen molar-refractivity contribution in [1.29, 1.82) is 0 Å². The third-order valence-electron chi connectivity index (χ3n) is 4.11. The topological polar surface area (TPSA) is 95.0 Å². The van der Waals surface area contributed by atoms with Crippen molar-refractivity contribution in [2.75, 3.05) is 0 Å². The van der Waals surface area contributed by atoms with Crippen molar-refractivity contribution in [3.63, 3.8) is 0 Å². The maximum atomic E-state index is 12.4. The fourth-order valence-corrected chi connectivity index (χ4v) is 3.27. The quantitative estimate of drug-likeness (QED) is 0.604. The number of amides is 1. The molecule has 0 radical (unpaired) electrons. The molecule has 1 heterocycles. The van der Waals surface area contributed by atoms with E-state index in [9.17, 15) is 14.7 Å². The first kappa shape index (κ1) is 18.1. The van der Waals surface area contributed by atoms with Gasteiger partial charge < -0.3 is 15.2 Å². The van der Waals surface area contributed by atoms with Gasteiger partial charge in [-0.15, -0.1) is 5.10 Å². The Labute approximate surface area is 159 Å². The summed E-state index contributed by atoms with van der Waals surface area (Å²) in [5.41, 5.74) is 0.0571. The summed E-state index contributed by atoms with van der Waals surface area (Å²) in [6.45, 7) is 1.79. The van der Waals surface area contributed by atoms with E-state index in [2.05, 4.69) is 14.9 Å². The van der Waals surface area contributed by atoms with Crippen molar-refractivity contribution in [2.24, 2.45) is 5.92 Å². The van der Waals surface area contributed by atoms with E-state index in [-0.39, 0.29) is 47.9 Å². The minimum atomic E-state index is -1.22. The molecule has 1 saturated carbocycles. The smallest absolute Gasteiger partial charge is 0.549 e. The summed E-state index contributed by atoms with van der Waals surface area (Å²) in [7, 11) is 0. The molecule has 0 bridgehead atoms. The van der Waals surface area contributed by atoms with Gasteiger partial charge in [0.2, 0.25) is 5.91 Å². The van der Waals surface area contributed by atoms with Crippen molar-refractivity contribution in [1.82, 2.24) is 14.9 Å². The minimum absolute atomic E-state index is 0. The number of nitrogens with zero attached hydrogens (tertiary/aromatic N) is 2. The fraction of sp³-hybridized carbons (Fsp3) is 0.333. The second-order valence-electron chi connectivity index (χ2n) is 5.44. The Hall–Kier alpha value is -1.28. The van der Waals surface area contributed by atoms with Gasteiger partial charge in [0.05, 0.1) is 23.6 Å². The summed E-state index contributed by atoms with van der Waals surface area (Å²) in [5, 5.41) is 20.1. The van der Waals surface area contributed by atoms with Crippen LogP contribution in [0.25, 0.3) is 0 Å². The monoisotopic (exact) mass is 339 g/mol. The number of carboxylic acid groups (broad SMARTS) is 1. The summed E-state index contributed by atoms with van der Waals surface area (Å²) in [6.07, 6.45) is 0.257. The van der Waals surface area contributed by atoms with Gasteiger partial charge in [0.1, 0.15) is 0 Å². The second kappa shape index (κ2) is 7.09. The van der Waals surface area contributed by atoms with Gasteiger partial charge in [0.15, 0.2) is 0 Å². The molecule has 1 aliphatic rings. The molecule has 8 heteroatoms. The molecule has 0 spiro atoms. The number of carbonyl (C=O) groups is 2. The molecule has 0 saturated heterocycles. The minimum Gasteiger partial charge on any atom is -0.549 e. The van der Waals surface area contributed by atoms with Crippen molar-refractivity contribution < 1.29 is 44.3 Å². The summed E-state index contributed by atoms with van der Waals surface area (Å²) in [4.78, 5) is 24.0. The van der Waals surface area contributed by atoms with Gasteiger partial charge in [-0.2, -0.15) is 0 Å². The van der Waals surface area contributed by atoms with Crippen molar-refractivity contribution in [2.45, 2.75) is 24.8 Å². The van der Waals surface area contributed by atoms with E-state index in [0.717, 1.165) is 0 Å². The third kappa shape index (κ3) is 3.33. The maximum absolute atomic E-state index is 12.4. The van der Waals surface area contributed by atoms with Crippen LogP contribution in [0.5, 0.6) is 0 Å². The summed E-state index contributed by atoms with van der Waals surface area (Å²) >= 11 is 1.20. The van der Waals surface area contributed by atoms with E-state index in [1.165, 1.54) is 11.5 Å². The zero-order valence-electron chi connectivity index (χ0n) is 12.9. The number of aliphatic carboxylic acids is 1. The van der Waals surface area contributed by atoms with Gasteiger partial charge in [0, 0.05) is 10.8 Å². The van der Waals surface area contributed by atoms with Crippen molar-refractivity contribution in [3.8, 4) is 0 Å². The number of hydrogen-bond donors (Lipinski definition) is 1. The zero-order valence-corrected chi connectivity index (χ0v) is 15.7. The Balaban J connectivity index is 0.00000192. The average Bonchev–Trinajstić information content (AvgIpc) is 3.05. The largest absolute Gasteiger partial charge is 1.00 e. The molecule has 3 rings (SSSR count). The number of carboxylic acids is 1. The van der Waals surface area contributed by atoms with Crippen molar-refractivity contribution >= 4 is 23.4 Å². The van der Waals surface area contributed by atoms with Crippen LogP contribution < -0.4 is 40.0 Å². The molecule has 1 amide bonds. The molecule has 1 unspecified atom stereocenters. The predicted molar refractivity (Wildman–Crippen MR) is 77.7 cm³/mol. The van der Waals surface area contributed by atoms with Gasteiger partial charge in [-0.05, 0) is 30.4 Å². The van der Waals surface area contributed by atoms with E-state index in [4.69, 9.17) is 0 Å². The number of hydrogen-bond acceptors (Lipinski definition) is 6. The first-order valence-corrected chi connectivity index (χ1v) is 7.73. The zero-order chi connectivity index (χ0) is 15.7. The van der Waals surface area contributed by atoms with Crippen LogP contribution in [0.3, 0.4) is 0 Å². The Bertz CT molecular complexity index is 695. The number of rotatable bonds is 5. The standard InChI is InChI=1S/C15H15N3O3S.Na/c1-9(12-8-22-18-17-12)16-13(19)11-7-15(11,14(20)21)10-5-3-2-4-6-10;/h2-6,8-9,11H,7H2,1H3,(H,16,19)(H,20,21);/q;+1/p-1/t9?,11-,15+;/m0./s1. The summed E-state index contributed by atoms with van der Waals surface area (Å²) in [6, 6.07) is 8.46. The van der Waals surface area contributed by atoms with Gasteiger partial charge >= 0.3 is 29.6 Å². The molecule has 2 aromatic rings. The van der Waals surface area contributed by atoms with Crippen LogP contribution in [0.4, 0.5) is 0 Å². The van der Waals surface area contributed by atoms with E-state index in [1.807, 2.05) is 0 Å². The second-order valence-corrected chi connectivity index (χ2v) is 6.05. The molecule has 23 heavy (non-hydrogen) atoms.